The van der Waals surface area contributed by atoms with Crippen molar-refractivity contribution in [2.45, 2.75) is 26.4 Å². The molecule has 0 radical (unpaired) electrons. The third-order valence-electron chi connectivity index (χ3n) is 5.12. The number of amides is 1. The molecule has 0 atom stereocenters. The van der Waals surface area contributed by atoms with Gasteiger partial charge in [-0.25, -0.2) is 4.98 Å². The molecule has 0 saturated carbocycles. The second-order valence-electron chi connectivity index (χ2n) is 7.34. The van der Waals surface area contributed by atoms with Gasteiger partial charge in [-0.05, 0) is 37.1 Å². The van der Waals surface area contributed by atoms with E-state index in [1.165, 1.54) is 6.08 Å². The summed E-state index contributed by atoms with van der Waals surface area (Å²) < 4.78 is 1.66. The van der Waals surface area contributed by atoms with Crippen LogP contribution < -0.4 is 15.5 Å². The number of nitrogens with one attached hydrogen (secondary N) is 2. The van der Waals surface area contributed by atoms with Crippen LogP contribution in [-0.4, -0.2) is 43.9 Å². The van der Waals surface area contributed by atoms with E-state index >= 15 is 0 Å². The Hall–Kier alpha value is -3.72. The minimum absolute atomic E-state index is 0.0339. The van der Waals surface area contributed by atoms with Crippen LogP contribution in [0.3, 0.4) is 0 Å². The summed E-state index contributed by atoms with van der Waals surface area (Å²) in [4.78, 5) is 23.0. The Labute approximate surface area is 180 Å². The number of fused-ring (bicyclic) bond motifs is 1. The predicted molar refractivity (Wildman–Crippen MR) is 119 cm³/mol. The van der Waals surface area contributed by atoms with Gasteiger partial charge in [0.05, 0.1) is 25.0 Å². The maximum absolute atomic E-state index is 11.4. The Bertz CT molecular complexity index is 1090. The van der Waals surface area contributed by atoms with E-state index in [4.69, 9.17) is 10.1 Å². The maximum atomic E-state index is 11.4. The van der Waals surface area contributed by atoms with Gasteiger partial charge in [-0.1, -0.05) is 18.7 Å². The van der Waals surface area contributed by atoms with Gasteiger partial charge >= 0.3 is 0 Å². The standard InChI is InChI=1S/C22H25N7O2/c1-3-20(31)25-17-6-4-16(5-7-17)13-28-9-8-19-15(2)24-22(27-21(19)28)26-18-12-23-29(14-18)10-11-30/h3-7,12,14,30H,1,8-11,13H2,2H3,(H,25,31)(H,24,26,27). The highest BCUT2D eigenvalue weighted by Gasteiger charge is 2.24. The summed E-state index contributed by atoms with van der Waals surface area (Å²) in [5, 5.41) is 19.2. The number of benzene rings is 1. The summed E-state index contributed by atoms with van der Waals surface area (Å²) in [6.45, 7) is 7.53. The molecule has 4 rings (SSSR count). The van der Waals surface area contributed by atoms with E-state index in [9.17, 15) is 4.79 Å². The van der Waals surface area contributed by atoms with Crippen LogP contribution in [-0.2, 0) is 24.3 Å². The van der Waals surface area contributed by atoms with Crippen molar-refractivity contribution in [2.75, 3.05) is 28.7 Å². The summed E-state index contributed by atoms with van der Waals surface area (Å²) in [5.41, 5.74) is 4.76. The first-order chi connectivity index (χ1) is 15.1. The minimum Gasteiger partial charge on any atom is -0.394 e. The molecule has 3 N–H and O–H groups in total. The van der Waals surface area contributed by atoms with Crippen LogP contribution >= 0.6 is 0 Å². The van der Waals surface area contributed by atoms with Crippen molar-refractivity contribution in [3.05, 3.63) is 66.1 Å². The van der Waals surface area contributed by atoms with Gasteiger partial charge in [0, 0.05) is 36.2 Å². The molecule has 3 aromatic rings. The van der Waals surface area contributed by atoms with Crippen LogP contribution in [0.2, 0.25) is 0 Å². The summed E-state index contributed by atoms with van der Waals surface area (Å²) >= 11 is 0. The first-order valence-corrected chi connectivity index (χ1v) is 10.1. The Balaban J connectivity index is 1.49. The van der Waals surface area contributed by atoms with Crippen molar-refractivity contribution in [3.8, 4) is 0 Å². The molecule has 3 heterocycles. The largest absolute Gasteiger partial charge is 0.394 e. The predicted octanol–water partition coefficient (Wildman–Crippen LogP) is 2.40. The highest BCUT2D eigenvalue weighted by Crippen LogP contribution is 2.31. The third-order valence-corrected chi connectivity index (χ3v) is 5.12. The molecule has 2 aromatic heterocycles. The Kier molecular flexibility index (Phi) is 5.94. The molecule has 0 saturated heterocycles. The highest BCUT2D eigenvalue weighted by molar-refractivity contribution is 5.98. The van der Waals surface area contributed by atoms with Gasteiger partial charge in [-0.2, -0.15) is 10.1 Å². The lowest BCUT2D eigenvalue weighted by atomic mass is 10.2. The van der Waals surface area contributed by atoms with E-state index in [1.807, 2.05) is 37.4 Å². The minimum atomic E-state index is -0.227. The molecule has 0 aliphatic carbocycles. The van der Waals surface area contributed by atoms with Gasteiger partial charge in [-0.15, -0.1) is 0 Å². The second-order valence-corrected chi connectivity index (χ2v) is 7.34. The SMILES string of the molecule is C=CC(=O)Nc1ccc(CN2CCc3c(C)nc(Nc4cnn(CCO)c4)nc32)cc1. The number of aliphatic hydroxyl groups is 1. The van der Waals surface area contributed by atoms with Crippen LogP contribution in [0.4, 0.5) is 23.1 Å². The number of hydrogen-bond donors (Lipinski definition) is 3. The van der Waals surface area contributed by atoms with Crippen molar-refractivity contribution in [3.63, 3.8) is 0 Å². The van der Waals surface area contributed by atoms with Crippen LogP contribution in [0.25, 0.3) is 0 Å². The average molecular weight is 419 g/mol. The number of carbonyl (C=O) groups is 1. The van der Waals surface area contributed by atoms with E-state index in [-0.39, 0.29) is 12.5 Å². The van der Waals surface area contributed by atoms with E-state index in [1.54, 1.807) is 10.9 Å². The van der Waals surface area contributed by atoms with Crippen molar-refractivity contribution < 1.29 is 9.90 Å². The molecule has 1 aliphatic heterocycles. The molecule has 0 spiro atoms. The second kappa shape index (κ2) is 8.97. The summed E-state index contributed by atoms with van der Waals surface area (Å²) in [7, 11) is 0. The van der Waals surface area contributed by atoms with Crippen molar-refractivity contribution >= 4 is 29.0 Å². The first kappa shape index (κ1) is 20.5. The quantitative estimate of drug-likeness (QED) is 0.481. The third kappa shape index (κ3) is 4.72. The monoisotopic (exact) mass is 419 g/mol. The van der Waals surface area contributed by atoms with E-state index < -0.39 is 0 Å². The Morgan fingerprint density at radius 2 is 2.06 bits per heavy atom. The van der Waals surface area contributed by atoms with Crippen LogP contribution in [0.1, 0.15) is 16.8 Å². The zero-order valence-corrected chi connectivity index (χ0v) is 17.4. The number of hydrogen-bond acceptors (Lipinski definition) is 7. The lowest BCUT2D eigenvalue weighted by Gasteiger charge is -2.19. The number of nitrogens with zero attached hydrogens (tertiary/aromatic N) is 5. The molecular weight excluding hydrogens is 394 g/mol. The van der Waals surface area contributed by atoms with Crippen LogP contribution in [0.5, 0.6) is 0 Å². The van der Waals surface area contributed by atoms with Crippen molar-refractivity contribution in [1.29, 1.82) is 0 Å². The number of anilines is 4. The summed E-state index contributed by atoms with van der Waals surface area (Å²) in [5.74, 6) is 1.23. The first-order valence-electron chi connectivity index (χ1n) is 10.1. The summed E-state index contributed by atoms with van der Waals surface area (Å²) in [6, 6.07) is 7.77. The number of carbonyl (C=O) groups excluding carboxylic acids is 1. The zero-order chi connectivity index (χ0) is 21.8. The van der Waals surface area contributed by atoms with Gasteiger partial charge in [0.25, 0.3) is 0 Å². The molecule has 9 heteroatoms. The molecule has 1 amide bonds. The highest BCUT2D eigenvalue weighted by atomic mass is 16.3. The molecule has 1 aliphatic rings. The smallest absolute Gasteiger partial charge is 0.247 e. The van der Waals surface area contributed by atoms with Crippen molar-refractivity contribution in [2.24, 2.45) is 0 Å². The Morgan fingerprint density at radius 1 is 1.26 bits per heavy atom. The molecule has 160 valence electrons. The fourth-order valence-electron chi connectivity index (χ4n) is 3.59. The van der Waals surface area contributed by atoms with E-state index in [0.717, 1.165) is 47.0 Å². The van der Waals surface area contributed by atoms with E-state index in [0.29, 0.717) is 19.0 Å². The number of aliphatic hydroxyl groups excluding tert-OH is 1. The fourth-order valence-corrected chi connectivity index (χ4v) is 3.59. The maximum Gasteiger partial charge on any atom is 0.247 e. The Morgan fingerprint density at radius 3 is 2.81 bits per heavy atom. The van der Waals surface area contributed by atoms with Gasteiger partial charge in [0.15, 0.2) is 0 Å². The topological polar surface area (TPSA) is 108 Å². The van der Waals surface area contributed by atoms with Gasteiger partial charge in [-0.3, -0.25) is 9.48 Å². The number of rotatable bonds is 8. The van der Waals surface area contributed by atoms with E-state index in [2.05, 4.69) is 32.2 Å². The molecule has 0 bridgehead atoms. The zero-order valence-electron chi connectivity index (χ0n) is 17.4. The van der Waals surface area contributed by atoms with Gasteiger partial charge in [0.1, 0.15) is 5.82 Å². The molecule has 0 fully saturated rings. The number of aromatic nitrogens is 4. The molecule has 31 heavy (non-hydrogen) atoms. The lowest BCUT2D eigenvalue weighted by molar-refractivity contribution is -0.111. The normalized spacial score (nSPS) is 12.5. The molecule has 0 unspecified atom stereocenters. The average Bonchev–Trinajstić information content (AvgIpc) is 3.37. The summed E-state index contributed by atoms with van der Waals surface area (Å²) in [6.07, 6.45) is 5.66. The van der Waals surface area contributed by atoms with Crippen LogP contribution in [0.15, 0.2) is 49.3 Å². The van der Waals surface area contributed by atoms with Gasteiger partial charge < -0.3 is 20.6 Å². The molecule has 1 aromatic carbocycles. The van der Waals surface area contributed by atoms with Crippen molar-refractivity contribution in [1.82, 2.24) is 19.7 Å². The van der Waals surface area contributed by atoms with Crippen LogP contribution in [0, 0.1) is 6.92 Å². The lowest BCUT2D eigenvalue weighted by Crippen LogP contribution is -2.21. The van der Waals surface area contributed by atoms with Gasteiger partial charge in [0.2, 0.25) is 11.9 Å². The number of aryl methyl sites for hydroxylation is 1. The molecular formula is C22H25N7O2. The molecule has 9 nitrogen and oxygen atoms in total. The fraction of sp³-hybridized carbons (Fsp3) is 0.273.